The standard InChI is InChI=1S/C39H57N3O8/c1-5-8-15-24-41(23-7-3)37(46)35-39-22-21-30(50-39)32(33(39)36(45)42(35)25-16-10-11-17-26-43)38(47)49-34(28-18-13-12-14-19-28)29(27-48-4)40-31(44)20-9-6-2/h6-7,12-14,18-19,29-30,32-35,43H,2-3,5,8-11,15-17,20-27H2,1,4H3,(H,40,44)/t29-,30-,32+,33+,34-,35-,39+/m1/s1. The van der Waals surface area contributed by atoms with Crippen LogP contribution in [0.3, 0.4) is 0 Å². The van der Waals surface area contributed by atoms with Crippen molar-refractivity contribution in [3.8, 4) is 0 Å². The Morgan fingerprint density at radius 2 is 1.88 bits per heavy atom. The fraction of sp³-hybridized carbons (Fsp3) is 0.641. The van der Waals surface area contributed by atoms with Crippen molar-refractivity contribution in [3.05, 3.63) is 61.2 Å². The molecule has 3 fully saturated rings. The van der Waals surface area contributed by atoms with Crippen molar-refractivity contribution >= 4 is 23.7 Å². The molecule has 0 unspecified atom stereocenters. The van der Waals surface area contributed by atoms with Gasteiger partial charge in [-0.3, -0.25) is 19.2 Å². The van der Waals surface area contributed by atoms with Crippen molar-refractivity contribution < 1.29 is 38.5 Å². The van der Waals surface area contributed by atoms with Crippen LogP contribution in [0.5, 0.6) is 0 Å². The Bertz CT molecular complexity index is 1310. The largest absolute Gasteiger partial charge is 0.455 e. The monoisotopic (exact) mass is 695 g/mol. The molecular weight excluding hydrogens is 638 g/mol. The molecular formula is C39H57N3O8. The molecule has 3 saturated heterocycles. The number of esters is 1. The lowest BCUT2D eigenvalue weighted by Crippen LogP contribution is -2.56. The quantitative estimate of drug-likeness (QED) is 0.0972. The van der Waals surface area contributed by atoms with Crippen molar-refractivity contribution in [1.29, 1.82) is 0 Å². The normalized spacial score (nSPS) is 24.8. The first kappa shape index (κ1) is 39.2. The van der Waals surface area contributed by atoms with Gasteiger partial charge in [-0.05, 0) is 44.1 Å². The van der Waals surface area contributed by atoms with Crippen LogP contribution in [0.1, 0.15) is 89.2 Å². The first-order chi connectivity index (χ1) is 24.3. The highest BCUT2D eigenvalue weighted by molar-refractivity contribution is 5.98. The molecule has 0 radical (unpaired) electrons. The predicted molar refractivity (Wildman–Crippen MR) is 190 cm³/mol. The lowest BCUT2D eigenvalue weighted by Gasteiger charge is -2.37. The highest BCUT2D eigenvalue weighted by Crippen LogP contribution is 2.59. The lowest BCUT2D eigenvalue weighted by atomic mass is 9.70. The molecule has 11 heteroatoms. The maximum absolute atomic E-state index is 14.5. The Labute approximate surface area is 297 Å². The molecule has 7 atom stereocenters. The van der Waals surface area contributed by atoms with Gasteiger partial charge in [-0.25, -0.2) is 0 Å². The van der Waals surface area contributed by atoms with Crippen LogP contribution in [0.2, 0.25) is 0 Å². The third-order valence-corrected chi connectivity index (χ3v) is 10.3. The number of rotatable bonds is 23. The van der Waals surface area contributed by atoms with Gasteiger partial charge in [0.25, 0.3) is 0 Å². The highest BCUT2D eigenvalue weighted by atomic mass is 16.6. The van der Waals surface area contributed by atoms with Crippen molar-refractivity contribution in [1.82, 2.24) is 15.1 Å². The minimum atomic E-state index is -1.15. The van der Waals surface area contributed by atoms with Crippen molar-refractivity contribution in [2.24, 2.45) is 11.8 Å². The van der Waals surface area contributed by atoms with E-state index in [1.54, 1.807) is 22.0 Å². The van der Waals surface area contributed by atoms with Gasteiger partial charge in [0.1, 0.15) is 17.7 Å². The van der Waals surface area contributed by atoms with Crippen LogP contribution in [0.4, 0.5) is 0 Å². The molecule has 4 rings (SSSR count). The maximum Gasteiger partial charge on any atom is 0.313 e. The Hall–Kier alpha value is -3.54. The van der Waals surface area contributed by atoms with Crippen LogP contribution < -0.4 is 5.32 Å². The minimum absolute atomic E-state index is 0.0847. The smallest absolute Gasteiger partial charge is 0.313 e. The fourth-order valence-electron chi connectivity index (χ4n) is 7.99. The number of nitrogens with one attached hydrogen (secondary N) is 1. The minimum Gasteiger partial charge on any atom is -0.455 e. The van der Waals surface area contributed by atoms with Gasteiger partial charge >= 0.3 is 5.97 Å². The number of benzene rings is 1. The number of allylic oxidation sites excluding steroid dienone is 1. The molecule has 3 heterocycles. The summed E-state index contributed by atoms with van der Waals surface area (Å²) in [6.45, 7) is 11.1. The van der Waals surface area contributed by atoms with E-state index >= 15 is 0 Å². The van der Waals surface area contributed by atoms with E-state index in [4.69, 9.17) is 14.2 Å². The average Bonchev–Trinajstić information content (AvgIpc) is 3.76. The number of fused-ring (bicyclic) bond motifs is 1. The number of ether oxygens (including phenoxy) is 3. The van der Waals surface area contributed by atoms with Crippen molar-refractivity contribution in [2.75, 3.05) is 40.0 Å². The van der Waals surface area contributed by atoms with Gasteiger partial charge < -0.3 is 34.4 Å². The zero-order valence-electron chi connectivity index (χ0n) is 29.9. The molecule has 3 aliphatic heterocycles. The summed E-state index contributed by atoms with van der Waals surface area (Å²) in [5.74, 6) is -3.04. The summed E-state index contributed by atoms with van der Waals surface area (Å²) in [6.07, 6.45) is 9.38. The summed E-state index contributed by atoms with van der Waals surface area (Å²) in [4.78, 5) is 59.7. The number of carbonyl (C=O) groups excluding carboxylic acids is 4. The van der Waals surface area contributed by atoms with Crippen LogP contribution in [0.25, 0.3) is 0 Å². The van der Waals surface area contributed by atoms with E-state index in [2.05, 4.69) is 25.4 Å². The van der Waals surface area contributed by atoms with Crippen molar-refractivity contribution in [3.63, 3.8) is 0 Å². The molecule has 50 heavy (non-hydrogen) atoms. The summed E-state index contributed by atoms with van der Waals surface area (Å²) < 4.78 is 18.5. The number of nitrogens with zero attached hydrogens (tertiary/aromatic N) is 2. The summed E-state index contributed by atoms with van der Waals surface area (Å²) in [6, 6.07) is 7.62. The number of hydrogen-bond acceptors (Lipinski definition) is 8. The Morgan fingerprint density at radius 1 is 1.12 bits per heavy atom. The van der Waals surface area contributed by atoms with Gasteiger partial charge in [0, 0.05) is 39.8 Å². The van der Waals surface area contributed by atoms with E-state index in [1.165, 1.54) is 7.11 Å². The van der Waals surface area contributed by atoms with Gasteiger partial charge in [-0.1, -0.05) is 75.1 Å². The molecule has 11 nitrogen and oxygen atoms in total. The Balaban J connectivity index is 1.65. The summed E-state index contributed by atoms with van der Waals surface area (Å²) >= 11 is 0. The topological polar surface area (TPSA) is 135 Å². The molecule has 1 spiro atoms. The number of methoxy groups -OCH3 is 1. The van der Waals surface area contributed by atoms with Gasteiger partial charge in [0.2, 0.25) is 17.7 Å². The molecule has 0 aromatic heterocycles. The molecule has 1 aromatic carbocycles. The lowest BCUT2D eigenvalue weighted by molar-refractivity contribution is -0.163. The molecule has 0 aliphatic carbocycles. The van der Waals surface area contributed by atoms with E-state index in [9.17, 15) is 24.3 Å². The van der Waals surface area contributed by atoms with Gasteiger partial charge in [0.15, 0.2) is 0 Å². The van der Waals surface area contributed by atoms with Crippen LogP contribution >= 0.6 is 0 Å². The van der Waals surface area contributed by atoms with E-state index < -0.39 is 47.7 Å². The Kier molecular flexibility index (Phi) is 15.1. The molecule has 3 amide bonds. The van der Waals surface area contributed by atoms with Crippen LogP contribution in [0, 0.1) is 11.8 Å². The van der Waals surface area contributed by atoms with Crippen LogP contribution in [-0.4, -0.2) is 102 Å². The zero-order valence-corrected chi connectivity index (χ0v) is 29.9. The third kappa shape index (κ3) is 8.84. The first-order valence-corrected chi connectivity index (χ1v) is 18.4. The number of likely N-dealkylation sites (tertiary alicyclic amines) is 1. The zero-order chi connectivity index (χ0) is 36.1. The number of amides is 3. The number of unbranched alkanes of at least 4 members (excludes halogenated alkanes) is 5. The van der Waals surface area contributed by atoms with E-state index in [0.717, 1.165) is 32.1 Å². The second-order valence-corrected chi connectivity index (χ2v) is 13.7. The SMILES string of the molecule is C=CCCC(=O)N[C@H](COC)[C@H](OC(=O)[C@@H]1[C@H]2C(=O)N(CCCCCCO)[C@H](C(=O)N(CC=C)CCCCC)[C@]23CC[C@H]1O3)c1ccccc1. The third-order valence-electron chi connectivity index (χ3n) is 10.3. The second kappa shape index (κ2) is 19.2. The number of aliphatic hydroxyl groups is 1. The molecule has 3 aliphatic rings. The Morgan fingerprint density at radius 3 is 2.56 bits per heavy atom. The van der Waals surface area contributed by atoms with E-state index in [1.807, 2.05) is 30.3 Å². The predicted octanol–water partition coefficient (Wildman–Crippen LogP) is 4.50. The molecule has 276 valence electrons. The summed E-state index contributed by atoms with van der Waals surface area (Å²) in [5.41, 5.74) is -0.474. The van der Waals surface area contributed by atoms with Crippen LogP contribution in [0.15, 0.2) is 55.6 Å². The number of aliphatic hydroxyl groups excluding tert-OH is 1. The second-order valence-electron chi connectivity index (χ2n) is 13.7. The molecule has 2 N–H and O–H groups in total. The average molecular weight is 696 g/mol. The van der Waals surface area contributed by atoms with Gasteiger partial charge in [-0.15, -0.1) is 13.2 Å². The highest BCUT2D eigenvalue weighted by Gasteiger charge is 2.75. The van der Waals surface area contributed by atoms with Gasteiger partial charge in [0.05, 0.1) is 30.6 Å². The first-order valence-electron chi connectivity index (χ1n) is 18.4. The van der Waals surface area contributed by atoms with E-state index in [0.29, 0.717) is 57.3 Å². The fourth-order valence-corrected chi connectivity index (χ4v) is 7.99. The van der Waals surface area contributed by atoms with E-state index in [-0.39, 0.29) is 37.4 Å². The maximum atomic E-state index is 14.5. The van der Waals surface area contributed by atoms with Gasteiger partial charge in [-0.2, -0.15) is 0 Å². The molecule has 1 aromatic rings. The number of hydrogen-bond donors (Lipinski definition) is 2. The summed E-state index contributed by atoms with van der Waals surface area (Å²) in [7, 11) is 1.52. The van der Waals surface area contributed by atoms with Crippen molar-refractivity contribution in [2.45, 2.75) is 107 Å². The molecule has 2 bridgehead atoms. The number of carbonyl (C=O) groups is 4. The van der Waals surface area contributed by atoms with Crippen LogP contribution in [-0.2, 0) is 33.4 Å². The summed E-state index contributed by atoms with van der Waals surface area (Å²) in [5, 5.41) is 12.2. The molecule has 0 saturated carbocycles.